The van der Waals surface area contributed by atoms with Gasteiger partial charge in [0, 0.05) is 6.54 Å². The molecule has 4 amide bonds. The van der Waals surface area contributed by atoms with E-state index in [-0.39, 0.29) is 6.54 Å². The molecule has 1 aliphatic rings. The molecular weight excluding hydrogens is 424 g/mol. The first-order valence-electron chi connectivity index (χ1n) is 10.6. The average Bonchev–Trinajstić information content (AvgIpc) is 2.97. The van der Waals surface area contributed by atoms with E-state index in [0.29, 0.717) is 24.5 Å². The summed E-state index contributed by atoms with van der Waals surface area (Å²) in [5.74, 6) is 0.370. The molecule has 1 aliphatic heterocycles. The number of nitrogens with one attached hydrogen (secondary N) is 2. The molecular formula is C24H30N4O5. The number of nitrogens with zero attached hydrogens (tertiary/aromatic N) is 2. The third-order valence-corrected chi connectivity index (χ3v) is 5.45. The molecule has 0 aliphatic carbocycles. The maximum absolute atomic E-state index is 13.0. The predicted molar refractivity (Wildman–Crippen MR) is 123 cm³/mol. The minimum Gasteiger partial charge on any atom is -0.497 e. The molecule has 1 heterocycles. The number of methoxy groups -OCH3 is 1. The molecule has 2 aromatic carbocycles. The number of imide groups is 1. The number of benzene rings is 2. The number of carbonyl (C=O) groups excluding carboxylic acids is 3. The Labute approximate surface area is 193 Å². The molecule has 2 aromatic rings. The molecule has 0 bridgehead atoms. The van der Waals surface area contributed by atoms with Gasteiger partial charge in [0.2, 0.25) is 0 Å². The van der Waals surface area contributed by atoms with Gasteiger partial charge >= 0.3 is 6.03 Å². The molecule has 2 N–H and O–H groups in total. The molecule has 33 heavy (non-hydrogen) atoms. The van der Waals surface area contributed by atoms with Crippen LogP contribution in [0.2, 0.25) is 0 Å². The largest absolute Gasteiger partial charge is 0.497 e. The van der Waals surface area contributed by atoms with Crippen molar-refractivity contribution in [2.24, 2.45) is 0 Å². The van der Waals surface area contributed by atoms with Crippen molar-refractivity contribution < 1.29 is 23.9 Å². The molecule has 0 radical (unpaired) electrons. The summed E-state index contributed by atoms with van der Waals surface area (Å²) < 4.78 is 10.9. The zero-order valence-corrected chi connectivity index (χ0v) is 19.6. The fourth-order valence-electron chi connectivity index (χ4n) is 3.68. The van der Waals surface area contributed by atoms with Gasteiger partial charge in [0.25, 0.3) is 11.8 Å². The lowest BCUT2D eigenvalue weighted by Gasteiger charge is -2.23. The van der Waals surface area contributed by atoms with Crippen LogP contribution in [-0.4, -0.2) is 61.6 Å². The fourth-order valence-corrected chi connectivity index (χ4v) is 3.68. The van der Waals surface area contributed by atoms with Crippen LogP contribution >= 0.6 is 0 Å². The average molecular weight is 455 g/mol. The summed E-state index contributed by atoms with van der Waals surface area (Å²) in [5, 5.41) is 3.38. The second-order valence-corrected chi connectivity index (χ2v) is 8.37. The van der Waals surface area contributed by atoms with Crippen LogP contribution in [0.5, 0.6) is 11.5 Å². The standard InChI is InChI=1S/C24H30N4O5/c1-16-12-17(2)14-20(13-16)33-11-10-27(4)15-21(29)26-28-22(30)24(3,25-23(28)31)18-6-8-19(32-5)9-7-18/h6-9,12-14H,10-11,15H2,1-5H3,(H,25,31)(H,26,29). The number of amides is 4. The van der Waals surface area contributed by atoms with E-state index in [2.05, 4.69) is 16.8 Å². The molecule has 3 rings (SSSR count). The number of likely N-dealkylation sites (N-methyl/N-ethyl adjacent to an activating group) is 1. The number of urea groups is 1. The molecule has 1 fully saturated rings. The van der Waals surface area contributed by atoms with Gasteiger partial charge in [0.1, 0.15) is 23.6 Å². The lowest BCUT2D eigenvalue weighted by atomic mass is 9.92. The zero-order valence-electron chi connectivity index (χ0n) is 19.6. The molecule has 176 valence electrons. The first kappa shape index (κ1) is 24.1. The summed E-state index contributed by atoms with van der Waals surface area (Å²) in [4.78, 5) is 39.6. The number of ether oxygens (including phenoxy) is 2. The predicted octanol–water partition coefficient (Wildman–Crippen LogP) is 2.12. The highest BCUT2D eigenvalue weighted by Crippen LogP contribution is 2.29. The number of hydrogen-bond acceptors (Lipinski definition) is 6. The molecule has 0 saturated carbocycles. The zero-order chi connectivity index (χ0) is 24.2. The number of aryl methyl sites for hydroxylation is 2. The molecule has 0 spiro atoms. The summed E-state index contributed by atoms with van der Waals surface area (Å²) in [6.45, 7) is 6.48. The normalized spacial score (nSPS) is 17.8. The highest BCUT2D eigenvalue weighted by Gasteiger charge is 2.50. The van der Waals surface area contributed by atoms with Gasteiger partial charge in [-0.2, -0.15) is 5.01 Å². The van der Waals surface area contributed by atoms with Crippen molar-refractivity contribution in [3.63, 3.8) is 0 Å². The van der Waals surface area contributed by atoms with Crippen LogP contribution in [0.15, 0.2) is 42.5 Å². The summed E-state index contributed by atoms with van der Waals surface area (Å²) >= 11 is 0. The van der Waals surface area contributed by atoms with Crippen molar-refractivity contribution in [2.75, 3.05) is 33.9 Å². The molecule has 9 heteroatoms. The van der Waals surface area contributed by atoms with Crippen molar-refractivity contribution in [3.8, 4) is 11.5 Å². The fraction of sp³-hybridized carbons (Fsp3) is 0.375. The molecule has 1 atom stereocenters. The first-order chi connectivity index (χ1) is 15.6. The minimum absolute atomic E-state index is 0.00743. The second-order valence-electron chi connectivity index (χ2n) is 8.37. The van der Waals surface area contributed by atoms with Crippen LogP contribution in [0.1, 0.15) is 23.6 Å². The van der Waals surface area contributed by atoms with E-state index in [4.69, 9.17) is 9.47 Å². The molecule has 1 unspecified atom stereocenters. The van der Waals surface area contributed by atoms with Gasteiger partial charge < -0.3 is 14.8 Å². The van der Waals surface area contributed by atoms with Crippen LogP contribution < -0.4 is 20.2 Å². The van der Waals surface area contributed by atoms with Gasteiger partial charge in [-0.3, -0.25) is 19.9 Å². The number of carbonyl (C=O) groups is 3. The molecule has 1 saturated heterocycles. The number of hydrogen-bond donors (Lipinski definition) is 2. The Hall–Kier alpha value is -3.59. The lowest BCUT2D eigenvalue weighted by molar-refractivity contribution is -0.139. The summed E-state index contributed by atoms with van der Waals surface area (Å²) in [6.07, 6.45) is 0. The SMILES string of the molecule is COc1ccc(C2(C)NC(=O)N(NC(=O)CN(C)CCOc3cc(C)cc(C)c3)C2=O)cc1. The van der Waals surface area contributed by atoms with E-state index >= 15 is 0 Å². The van der Waals surface area contributed by atoms with Crippen molar-refractivity contribution in [3.05, 3.63) is 59.2 Å². The van der Waals surface area contributed by atoms with Gasteiger partial charge in [-0.1, -0.05) is 18.2 Å². The maximum atomic E-state index is 13.0. The first-order valence-corrected chi connectivity index (χ1v) is 10.6. The van der Waals surface area contributed by atoms with Crippen LogP contribution in [0, 0.1) is 13.8 Å². The third-order valence-electron chi connectivity index (χ3n) is 5.45. The Morgan fingerprint density at radius 2 is 1.73 bits per heavy atom. The Kier molecular flexibility index (Phi) is 7.23. The van der Waals surface area contributed by atoms with E-state index in [1.807, 2.05) is 26.0 Å². The lowest BCUT2D eigenvalue weighted by Crippen LogP contribution is -2.50. The summed E-state index contributed by atoms with van der Waals surface area (Å²) in [5.41, 5.74) is 3.94. The minimum atomic E-state index is -1.29. The summed E-state index contributed by atoms with van der Waals surface area (Å²) in [6, 6.07) is 12.1. The van der Waals surface area contributed by atoms with E-state index in [1.54, 1.807) is 50.2 Å². The highest BCUT2D eigenvalue weighted by molar-refractivity contribution is 6.08. The van der Waals surface area contributed by atoms with Crippen LogP contribution in [-0.2, 0) is 15.1 Å². The van der Waals surface area contributed by atoms with Crippen molar-refractivity contribution in [1.29, 1.82) is 0 Å². The van der Waals surface area contributed by atoms with Crippen molar-refractivity contribution >= 4 is 17.8 Å². The van der Waals surface area contributed by atoms with Crippen LogP contribution in [0.4, 0.5) is 4.79 Å². The second kappa shape index (κ2) is 9.91. The topological polar surface area (TPSA) is 100 Å². The Bertz CT molecular complexity index is 1020. The van der Waals surface area contributed by atoms with Gasteiger partial charge in [-0.25, -0.2) is 4.79 Å². The van der Waals surface area contributed by atoms with Crippen molar-refractivity contribution in [1.82, 2.24) is 20.7 Å². The quantitative estimate of drug-likeness (QED) is 0.563. The van der Waals surface area contributed by atoms with Crippen LogP contribution in [0.3, 0.4) is 0 Å². The van der Waals surface area contributed by atoms with Gasteiger partial charge in [0.15, 0.2) is 0 Å². The van der Waals surface area contributed by atoms with E-state index in [9.17, 15) is 14.4 Å². The maximum Gasteiger partial charge on any atom is 0.344 e. The van der Waals surface area contributed by atoms with Gasteiger partial charge in [-0.05, 0) is 68.8 Å². The molecule has 9 nitrogen and oxygen atoms in total. The summed E-state index contributed by atoms with van der Waals surface area (Å²) in [7, 11) is 3.31. The monoisotopic (exact) mass is 454 g/mol. The number of hydrazine groups is 1. The van der Waals surface area contributed by atoms with E-state index in [1.165, 1.54) is 0 Å². The van der Waals surface area contributed by atoms with Gasteiger partial charge in [0.05, 0.1) is 13.7 Å². The Morgan fingerprint density at radius 1 is 1.09 bits per heavy atom. The Morgan fingerprint density at radius 3 is 2.33 bits per heavy atom. The van der Waals surface area contributed by atoms with E-state index in [0.717, 1.165) is 21.9 Å². The molecule has 0 aromatic heterocycles. The van der Waals surface area contributed by atoms with E-state index < -0.39 is 23.4 Å². The third kappa shape index (κ3) is 5.61. The van der Waals surface area contributed by atoms with Gasteiger partial charge in [-0.15, -0.1) is 0 Å². The number of rotatable bonds is 9. The Balaban J connectivity index is 1.52. The van der Waals surface area contributed by atoms with Crippen molar-refractivity contribution in [2.45, 2.75) is 26.3 Å². The highest BCUT2D eigenvalue weighted by atomic mass is 16.5. The smallest absolute Gasteiger partial charge is 0.344 e. The van der Waals surface area contributed by atoms with Crippen LogP contribution in [0.25, 0.3) is 0 Å².